The minimum Gasteiger partial charge on any atom is -0.371 e. The van der Waals surface area contributed by atoms with E-state index in [1.807, 2.05) is 72.8 Å². The van der Waals surface area contributed by atoms with Gasteiger partial charge in [0.25, 0.3) is 0 Å². The number of imidazole rings is 3. The van der Waals surface area contributed by atoms with E-state index in [0.717, 1.165) is 126 Å². The molecule has 12 aromatic rings. The first kappa shape index (κ1) is 45.9. The smallest absolute Gasteiger partial charge is 0.228 e. The maximum Gasteiger partial charge on any atom is 0.228 e. The number of rotatable bonds is 13. The van der Waals surface area contributed by atoms with Crippen LogP contribution in [0.15, 0.2) is 165 Å². The summed E-state index contributed by atoms with van der Waals surface area (Å²) < 4.78 is 15.0. The lowest BCUT2D eigenvalue weighted by molar-refractivity contribution is 0.501. The molecule has 0 aliphatic carbocycles. The topological polar surface area (TPSA) is 203 Å². The Labute approximate surface area is 435 Å². The molecule has 1 aliphatic rings. The number of piperidine rings is 1. The van der Waals surface area contributed by atoms with Crippen molar-refractivity contribution < 1.29 is 4.39 Å². The number of benzene rings is 6. The van der Waals surface area contributed by atoms with Crippen LogP contribution in [0.1, 0.15) is 49.8 Å². The van der Waals surface area contributed by atoms with E-state index in [1.165, 1.54) is 6.07 Å². The van der Waals surface area contributed by atoms with Crippen LogP contribution in [-0.4, -0.2) is 72.9 Å². The molecule has 372 valence electrons. The fraction of sp³-hybridized carbons (Fsp3) is 0.136. The highest BCUT2D eigenvalue weighted by Crippen LogP contribution is 2.39. The molecule has 6 aromatic heterocycles. The second-order valence-electron chi connectivity index (χ2n) is 19.2. The van der Waals surface area contributed by atoms with Crippen LogP contribution in [0.5, 0.6) is 0 Å². The summed E-state index contributed by atoms with van der Waals surface area (Å²) in [6.07, 6.45) is 8.71. The van der Waals surface area contributed by atoms with Gasteiger partial charge in [-0.25, -0.2) is 49.2 Å². The number of para-hydroxylation sites is 1. The third kappa shape index (κ3) is 9.25. The Morgan fingerprint density at radius 3 is 1.84 bits per heavy atom. The van der Waals surface area contributed by atoms with Crippen molar-refractivity contribution >= 4 is 73.7 Å². The van der Waals surface area contributed by atoms with Crippen LogP contribution in [0.25, 0.3) is 78.1 Å². The highest BCUT2D eigenvalue weighted by atomic mass is 19.1. The van der Waals surface area contributed by atoms with Gasteiger partial charge in [0.05, 0.1) is 86.2 Å². The molecule has 1 aliphatic heterocycles. The van der Waals surface area contributed by atoms with Crippen molar-refractivity contribution in [3.05, 3.63) is 182 Å². The van der Waals surface area contributed by atoms with Crippen molar-refractivity contribution in [1.29, 1.82) is 0 Å². The minimum atomic E-state index is -0.381. The van der Waals surface area contributed by atoms with Crippen molar-refractivity contribution in [3.63, 3.8) is 0 Å². The van der Waals surface area contributed by atoms with E-state index >= 15 is 0 Å². The number of H-pyrrole nitrogens is 3. The number of hydrogen-bond donors (Lipinski definition) is 6. The van der Waals surface area contributed by atoms with E-state index < -0.39 is 0 Å². The molecule has 76 heavy (non-hydrogen) atoms. The zero-order valence-corrected chi connectivity index (χ0v) is 41.4. The molecule has 13 rings (SSSR count). The first-order valence-electron chi connectivity index (χ1n) is 25.3. The van der Waals surface area contributed by atoms with Gasteiger partial charge in [0.15, 0.2) is 0 Å². The molecule has 0 spiro atoms. The van der Waals surface area contributed by atoms with E-state index in [2.05, 4.69) is 112 Å². The van der Waals surface area contributed by atoms with Gasteiger partial charge in [-0.2, -0.15) is 0 Å². The Balaban J connectivity index is 0.816. The fourth-order valence-electron chi connectivity index (χ4n) is 10.2. The van der Waals surface area contributed by atoms with E-state index in [9.17, 15) is 4.39 Å². The quantitative estimate of drug-likeness (QED) is 0.0637. The zero-order valence-electron chi connectivity index (χ0n) is 41.4. The summed E-state index contributed by atoms with van der Waals surface area (Å²) in [6, 6.07) is 45.3. The van der Waals surface area contributed by atoms with Crippen LogP contribution in [-0.2, 0) is 0 Å². The van der Waals surface area contributed by atoms with Gasteiger partial charge >= 0.3 is 0 Å². The predicted molar refractivity (Wildman–Crippen MR) is 298 cm³/mol. The summed E-state index contributed by atoms with van der Waals surface area (Å²) in [5.74, 6) is 1.01. The van der Waals surface area contributed by atoms with E-state index in [-0.39, 0.29) is 17.7 Å². The number of hydrogen-bond acceptors (Lipinski definition) is 13. The van der Waals surface area contributed by atoms with Crippen LogP contribution in [0.2, 0.25) is 0 Å². The molecule has 7 heterocycles. The minimum absolute atomic E-state index is 0.0603. The molecule has 0 amide bonds. The zero-order chi connectivity index (χ0) is 51.1. The largest absolute Gasteiger partial charge is 0.371 e. The molecule has 17 heteroatoms. The molecular weight excluding hydrogens is 952 g/mol. The summed E-state index contributed by atoms with van der Waals surface area (Å²) in [5.41, 5.74) is 17.1. The van der Waals surface area contributed by atoms with Crippen LogP contribution in [0.3, 0.4) is 0 Å². The predicted octanol–water partition coefficient (Wildman–Crippen LogP) is 13.2. The number of aromatic amines is 3. The lowest BCUT2D eigenvalue weighted by Gasteiger charge is -2.34. The summed E-state index contributed by atoms with van der Waals surface area (Å²) in [6.45, 7) is 5.92. The standard InChI is InChI=1S/C59H49FN16/c1-34(2)56-41(11-6-14-48(56)71-57-61-22-21-43(69-57)35-15-18-45-53(24-35)65-31-62-45)52-29-50(37-17-20-47-55(26-37)67-33-64-47)72-58(75-52)68-39-9-5-10-40(27-39)76-23-7-8-38(30-76)51-28-49(36-16-19-46-54(25-36)66-32-63-46)73-59(74-51)70-44-13-4-3-12-42(44)60/h3-6,9-22,24-29,31-34,38H,7-8,23,30H2,1-2H3,(H,62,65)(H,63,66)(H,64,67)(H,61,69,71)(H,68,72,75)(H,70,73,74). The molecule has 6 N–H and O–H groups in total. The fourth-order valence-corrected chi connectivity index (χ4v) is 10.2. The summed E-state index contributed by atoms with van der Waals surface area (Å²) in [4.78, 5) is 55.3. The molecule has 1 saturated heterocycles. The Bertz CT molecular complexity index is 4110. The Morgan fingerprint density at radius 1 is 0.539 bits per heavy atom. The first-order valence-corrected chi connectivity index (χ1v) is 25.3. The van der Waals surface area contributed by atoms with Gasteiger partial charge in [-0.1, -0.05) is 62.4 Å². The van der Waals surface area contributed by atoms with Gasteiger partial charge in [0.1, 0.15) is 5.82 Å². The third-order valence-electron chi connectivity index (χ3n) is 13.9. The summed E-state index contributed by atoms with van der Waals surface area (Å²) in [5, 5.41) is 10.3. The highest BCUT2D eigenvalue weighted by Gasteiger charge is 2.26. The third-order valence-corrected chi connectivity index (χ3v) is 13.9. The SMILES string of the molecule is CC(C)c1c(Nc2nccc(-c3ccc4[nH]cnc4c3)n2)cccc1-c1cc(-c2ccc3[nH]cnc3c2)nc(Nc2cccc(N3CCCC(c4cc(-c5ccc6[nH]cnc6c5)nc(Nc5ccccc5F)n4)C3)c2)n1. The van der Waals surface area contributed by atoms with Gasteiger partial charge in [-0.15, -0.1) is 0 Å². The van der Waals surface area contributed by atoms with Gasteiger partial charge in [0, 0.05) is 64.5 Å². The average Bonchev–Trinajstić information content (AvgIpc) is 4.26. The molecule has 0 saturated carbocycles. The summed E-state index contributed by atoms with van der Waals surface area (Å²) in [7, 11) is 0. The van der Waals surface area contributed by atoms with E-state index in [4.69, 9.17) is 24.9 Å². The summed E-state index contributed by atoms with van der Waals surface area (Å²) >= 11 is 0. The van der Waals surface area contributed by atoms with E-state index in [1.54, 1.807) is 43.4 Å². The van der Waals surface area contributed by atoms with Crippen LogP contribution in [0, 0.1) is 5.82 Å². The molecule has 1 unspecified atom stereocenters. The number of anilines is 7. The Kier molecular flexibility index (Phi) is 11.8. The monoisotopic (exact) mass is 1000 g/mol. The number of fused-ring (bicyclic) bond motifs is 3. The maximum atomic E-state index is 15.0. The lowest BCUT2D eigenvalue weighted by atomic mass is 9.92. The van der Waals surface area contributed by atoms with Crippen molar-refractivity contribution in [2.75, 3.05) is 33.9 Å². The average molecular weight is 1000 g/mol. The van der Waals surface area contributed by atoms with Crippen LogP contribution in [0.4, 0.5) is 45.0 Å². The van der Waals surface area contributed by atoms with Crippen LogP contribution < -0.4 is 20.9 Å². The molecule has 0 bridgehead atoms. The Morgan fingerprint density at radius 2 is 1.14 bits per heavy atom. The van der Waals surface area contributed by atoms with E-state index in [0.29, 0.717) is 30.1 Å². The van der Waals surface area contributed by atoms with Gasteiger partial charge in [0.2, 0.25) is 17.8 Å². The van der Waals surface area contributed by atoms with Crippen molar-refractivity contribution in [1.82, 2.24) is 59.8 Å². The molecule has 1 fully saturated rings. The first-order chi connectivity index (χ1) is 37.3. The van der Waals surface area contributed by atoms with Crippen molar-refractivity contribution in [2.24, 2.45) is 0 Å². The highest BCUT2D eigenvalue weighted by molar-refractivity contribution is 5.85. The molecule has 16 nitrogen and oxygen atoms in total. The number of halogens is 1. The normalized spacial score (nSPS) is 13.7. The van der Waals surface area contributed by atoms with Crippen LogP contribution >= 0.6 is 0 Å². The maximum absolute atomic E-state index is 15.0. The van der Waals surface area contributed by atoms with Gasteiger partial charge < -0.3 is 35.8 Å². The van der Waals surface area contributed by atoms with Gasteiger partial charge in [-0.3, -0.25) is 0 Å². The number of aromatic nitrogens is 12. The van der Waals surface area contributed by atoms with Crippen molar-refractivity contribution in [2.45, 2.75) is 38.5 Å². The number of nitrogens with one attached hydrogen (secondary N) is 6. The second-order valence-corrected chi connectivity index (χ2v) is 19.2. The second kappa shape index (κ2) is 19.5. The lowest BCUT2D eigenvalue weighted by Crippen LogP contribution is -2.34. The molecule has 6 aromatic carbocycles. The van der Waals surface area contributed by atoms with Crippen molar-refractivity contribution in [3.8, 4) is 45.0 Å². The molecular formula is C59H49FN16. The van der Waals surface area contributed by atoms with Gasteiger partial charge in [-0.05, 0) is 115 Å². The molecule has 1 atom stereocenters. The Hall–Kier alpha value is -9.90. The molecule has 0 radical (unpaired) electrons. The number of nitrogens with zero attached hydrogens (tertiary/aromatic N) is 10.